The predicted octanol–water partition coefficient (Wildman–Crippen LogP) is 4.07. The van der Waals surface area contributed by atoms with Crippen LogP contribution in [-0.4, -0.2) is 23.0 Å². The maximum absolute atomic E-state index is 2.67. The second-order valence-corrected chi connectivity index (χ2v) is 4.87. The summed E-state index contributed by atoms with van der Waals surface area (Å²) in [5.74, 6) is 0. The van der Waals surface area contributed by atoms with Crippen molar-refractivity contribution in [3.05, 3.63) is 0 Å². The lowest BCUT2D eigenvalue weighted by molar-refractivity contribution is 0.0988. The molecule has 1 nitrogen and oxygen atoms in total. The molecule has 86 valence electrons. The quantitative estimate of drug-likeness (QED) is 0.597. The minimum atomic E-state index is 0.679. The lowest BCUT2D eigenvalue weighted by Crippen LogP contribution is -2.44. The molecular weight excluding hydrogens is 170 g/mol. The summed E-state index contributed by atoms with van der Waals surface area (Å²) in [5.41, 5.74) is 0. The van der Waals surface area contributed by atoms with Crippen LogP contribution < -0.4 is 0 Å². The van der Waals surface area contributed by atoms with Crippen LogP contribution in [0, 0.1) is 0 Å². The minimum absolute atomic E-state index is 0.679. The molecule has 0 saturated carbocycles. The first-order chi connectivity index (χ1) is 6.54. The van der Waals surface area contributed by atoms with Gasteiger partial charge in [-0.3, -0.25) is 4.90 Å². The van der Waals surface area contributed by atoms with Gasteiger partial charge in [0.2, 0.25) is 0 Å². The molecule has 0 bridgehead atoms. The molecule has 0 N–H and O–H groups in total. The SMILES string of the molecule is CCCC(CCC)N(C(C)C)C(C)C. The number of nitrogens with zero attached hydrogens (tertiary/aromatic N) is 1. The van der Waals surface area contributed by atoms with Crippen LogP contribution in [0.3, 0.4) is 0 Å². The van der Waals surface area contributed by atoms with Crippen LogP contribution in [0.1, 0.15) is 67.2 Å². The van der Waals surface area contributed by atoms with Crippen molar-refractivity contribution in [3.8, 4) is 0 Å². The van der Waals surface area contributed by atoms with E-state index in [1.54, 1.807) is 0 Å². The van der Waals surface area contributed by atoms with E-state index in [4.69, 9.17) is 0 Å². The average molecular weight is 199 g/mol. The Labute approximate surface area is 90.9 Å². The Hall–Kier alpha value is -0.0400. The molecule has 0 aliphatic heterocycles. The monoisotopic (exact) mass is 199 g/mol. The van der Waals surface area contributed by atoms with Gasteiger partial charge in [0.15, 0.2) is 0 Å². The van der Waals surface area contributed by atoms with Gasteiger partial charge in [-0.1, -0.05) is 26.7 Å². The van der Waals surface area contributed by atoms with Crippen LogP contribution in [0.15, 0.2) is 0 Å². The first kappa shape index (κ1) is 14.0. The van der Waals surface area contributed by atoms with Crippen molar-refractivity contribution in [1.82, 2.24) is 4.90 Å². The van der Waals surface area contributed by atoms with Gasteiger partial charge >= 0.3 is 0 Å². The Balaban J connectivity index is 4.37. The van der Waals surface area contributed by atoms with E-state index in [-0.39, 0.29) is 0 Å². The zero-order valence-electron chi connectivity index (χ0n) is 11.0. The molecule has 0 rings (SSSR count). The topological polar surface area (TPSA) is 3.24 Å². The van der Waals surface area contributed by atoms with E-state index in [1.165, 1.54) is 25.7 Å². The van der Waals surface area contributed by atoms with Crippen LogP contribution in [0.2, 0.25) is 0 Å². The van der Waals surface area contributed by atoms with E-state index in [0.717, 1.165) is 6.04 Å². The van der Waals surface area contributed by atoms with Gasteiger partial charge in [-0.25, -0.2) is 0 Å². The third-order valence-electron chi connectivity index (χ3n) is 2.86. The lowest BCUT2D eigenvalue weighted by Gasteiger charge is -2.38. The van der Waals surface area contributed by atoms with Gasteiger partial charge in [0.25, 0.3) is 0 Å². The van der Waals surface area contributed by atoms with Crippen molar-refractivity contribution in [3.63, 3.8) is 0 Å². The fraction of sp³-hybridized carbons (Fsp3) is 1.00. The summed E-state index contributed by atoms with van der Waals surface area (Å²) in [7, 11) is 0. The molecule has 0 aromatic carbocycles. The highest BCUT2D eigenvalue weighted by Crippen LogP contribution is 2.19. The van der Waals surface area contributed by atoms with E-state index in [0.29, 0.717) is 12.1 Å². The molecule has 0 aromatic rings. The molecule has 0 aliphatic rings. The summed E-state index contributed by atoms with van der Waals surface area (Å²) >= 11 is 0. The standard InChI is InChI=1S/C13H29N/c1-7-9-13(10-8-2)14(11(3)4)12(5)6/h11-13H,7-10H2,1-6H3. The molecular formula is C13H29N. The number of hydrogen-bond donors (Lipinski definition) is 0. The Morgan fingerprint density at radius 1 is 0.786 bits per heavy atom. The second kappa shape index (κ2) is 7.28. The normalized spacial score (nSPS) is 12.4. The molecule has 0 unspecified atom stereocenters. The van der Waals surface area contributed by atoms with Gasteiger partial charge in [-0.2, -0.15) is 0 Å². The van der Waals surface area contributed by atoms with E-state index in [1.807, 2.05) is 0 Å². The van der Waals surface area contributed by atoms with Crippen LogP contribution in [0.25, 0.3) is 0 Å². The Bertz CT molecular complexity index is 115. The maximum atomic E-state index is 2.67. The largest absolute Gasteiger partial charge is 0.296 e. The fourth-order valence-electron chi connectivity index (χ4n) is 2.55. The first-order valence-electron chi connectivity index (χ1n) is 6.31. The maximum Gasteiger partial charge on any atom is 0.0100 e. The summed E-state index contributed by atoms with van der Waals surface area (Å²) in [6, 6.07) is 2.15. The molecule has 0 radical (unpaired) electrons. The van der Waals surface area contributed by atoms with Crippen LogP contribution >= 0.6 is 0 Å². The highest BCUT2D eigenvalue weighted by molar-refractivity contribution is 4.77. The summed E-state index contributed by atoms with van der Waals surface area (Å²) in [4.78, 5) is 2.67. The van der Waals surface area contributed by atoms with E-state index < -0.39 is 0 Å². The van der Waals surface area contributed by atoms with E-state index in [2.05, 4.69) is 46.4 Å². The molecule has 0 aromatic heterocycles. The zero-order chi connectivity index (χ0) is 11.1. The third-order valence-corrected chi connectivity index (χ3v) is 2.86. The lowest BCUT2D eigenvalue weighted by atomic mass is 10.0. The van der Waals surface area contributed by atoms with Gasteiger partial charge in [0.1, 0.15) is 0 Å². The number of rotatable bonds is 7. The highest BCUT2D eigenvalue weighted by Gasteiger charge is 2.21. The second-order valence-electron chi connectivity index (χ2n) is 4.87. The summed E-state index contributed by atoms with van der Waals surface area (Å²) < 4.78 is 0. The molecule has 0 atom stereocenters. The molecule has 0 amide bonds. The van der Waals surface area contributed by atoms with Crippen molar-refractivity contribution in [1.29, 1.82) is 0 Å². The molecule has 0 fully saturated rings. The smallest absolute Gasteiger partial charge is 0.0100 e. The average Bonchev–Trinajstić information content (AvgIpc) is 2.03. The van der Waals surface area contributed by atoms with Crippen molar-refractivity contribution in [2.45, 2.75) is 85.4 Å². The molecule has 0 aliphatic carbocycles. The molecule has 0 heterocycles. The predicted molar refractivity (Wildman–Crippen MR) is 65.7 cm³/mol. The Kier molecular flexibility index (Phi) is 7.26. The first-order valence-corrected chi connectivity index (χ1v) is 6.31. The zero-order valence-corrected chi connectivity index (χ0v) is 11.0. The van der Waals surface area contributed by atoms with Crippen molar-refractivity contribution in [2.24, 2.45) is 0 Å². The van der Waals surface area contributed by atoms with E-state index >= 15 is 0 Å². The number of hydrogen-bond acceptors (Lipinski definition) is 1. The summed E-state index contributed by atoms with van der Waals surface area (Å²) in [6.07, 6.45) is 5.32. The highest BCUT2D eigenvalue weighted by atomic mass is 15.2. The van der Waals surface area contributed by atoms with Crippen LogP contribution in [0.5, 0.6) is 0 Å². The van der Waals surface area contributed by atoms with Crippen molar-refractivity contribution < 1.29 is 0 Å². The van der Waals surface area contributed by atoms with Gasteiger partial charge in [0, 0.05) is 18.1 Å². The Morgan fingerprint density at radius 2 is 1.14 bits per heavy atom. The van der Waals surface area contributed by atoms with Gasteiger partial charge in [-0.05, 0) is 40.5 Å². The summed E-state index contributed by atoms with van der Waals surface area (Å²) in [6.45, 7) is 13.9. The Morgan fingerprint density at radius 3 is 1.36 bits per heavy atom. The molecule has 1 heteroatoms. The van der Waals surface area contributed by atoms with Gasteiger partial charge in [0.05, 0.1) is 0 Å². The molecule has 14 heavy (non-hydrogen) atoms. The van der Waals surface area contributed by atoms with Gasteiger partial charge < -0.3 is 0 Å². The van der Waals surface area contributed by atoms with Crippen molar-refractivity contribution >= 4 is 0 Å². The third kappa shape index (κ3) is 4.45. The fourth-order valence-corrected chi connectivity index (χ4v) is 2.55. The summed E-state index contributed by atoms with van der Waals surface area (Å²) in [5, 5.41) is 0. The minimum Gasteiger partial charge on any atom is -0.296 e. The van der Waals surface area contributed by atoms with Crippen LogP contribution in [-0.2, 0) is 0 Å². The van der Waals surface area contributed by atoms with Gasteiger partial charge in [-0.15, -0.1) is 0 Å². The molecule has 0 saturated heterocycles. The van der Waals surface area contributed by atoms with Crippen LogP contribution in [0.4, 0.5) is 0 Å². The van der Waals surface area contributed by atoms with Crippen molar-refractivity contribution in [2.75, 3.05) is 0 Å². The molecule has 0 spiro atoms. The van der Waals surface area contributed by atoms with E-state index in [9.17, 15) is 0 Å².